The molecule has 3 aromatic rings. The Bertz CT molecular complexity index is 1460. The van der Waals surface area contributed by atoms with E-state index in [9.17, 15) is 32.3 Å². The van der Waals surface area contributed by atoms with Crippen LogP contribution in [0.15, 0.2) is 60.8 Å². The minimum absolute atomic E-state index is 0.000521. The number of carbonyl (C=O) groups is 4. The number of urea groups is 1. The van der Waals surface area contributed by atoms with Crippen LogP contribution < -0.4 is 16.1 Å². The van der Waals surface area contributed by atoms with Gasteiger partial charge in [0.2, 0.25) is 5.91 Å². The third kappa shape index (κ3) is 10.2. The molecule has 0 aliphatic carbocycles. The number of rotatable bonds is 8. The second kappa shape index (κ2) is 13.9. The molecular formula is C29H32F3N5O6. The number of amides is 4. The lowest BCUT2D eigenvalue weighted by molar-refractivity contribution is -0.144. The van der Waals surface area contributed by atoms with Crippen LogP contribution in [0.3, 0.4) is 0 Å². The maximum atomic E-state index is 13.4. The molecule has 0 unspecified atom stereocenters. The molecule has 0 spiro atoms. The molecule has 0 saturated heterocycles. The molecule has 1 atom stereocenters. The smallest absolute Gasteiger partial charge is 0.426 e. The SMILES string of the molecule is CCOC(=O)CN(NC(=O)OC(C)(C)C)C(=O)N[C@@H](Cc1ccc(C(F)(F)F)cc1)C(=O)Nc1cnc2ccccc2c1. The van der Waals surface area contributed by atoms with Crippen molar-refractivity contribution in [2.24, 2.45) is 0 Å². The molecule has 14 heteroatoms. The van der Waals surface area contributed by atoms with Gasteiger partial charge in [0.25, 0.3) is 0 Å². The van der Waals surface area contributed by atoms with Gasteiger partial charge in [0, 0.05) is 11.8 Å². The first kappa shape index (κ1) is 32.6. The Balaban J connectivity index is 1.87. The highest BCUT2D eigenvalue weighted by molar-refractivity contribution is 5.98. The number of halogens is 3. The van der Waals surface area contributed by atoms with Crippen LogP contribution in [-0.2, 0) is 31.7 Å². The number of ether oxygens (including phenoxy) is 2. The average Bonchev–Trinajstić information content (AvgIpc) is 2.91. The third-order valence-corrected chi connectivity index (χ3v) is 5.66. The summed E-state index contributed by atoms with van der Waals surface area (Å²) in [5, 5.41) is 6.39. The molecule has 1 heterocycles. The zero-order chi connectivity index (χ0) is 31.8. The van der Waals surface area contributed by atoms with E-state index in [1.807, 2.05) is 0 Å². The highest BCUT2D eigenvalue weighted by atomic mass is 19.4. The monoisotopic (exact) mass is 603 g/mol. The summed E-state index contributed by atoms with van der Waals surface area (Å²) in [6.07, 6.45) is -4.45. The topological polar surface area (TPSA) is 139 Å². The number of esters is 1. The maximum absolute atomic E-state index is 13.4. The normalized spacial score (nSPS) is 12.2. The minimum atomic E-state index is -4.56. The number of carbonyl (C=O) groups excluding carboxylic acids is 4. The van der Waals surface area contributed by atoms with Crippen LogP contribution in [0.25, 0.3) is 10.9 Å². The van der Waals surface area contributed by atoms with Crippen molar-refractivity contribution in [3.63, 3.8) is 0 Å². The van der Waals surface area contributed by atoms with Crippen molar-refractivity contribution in [1.82, 2.24) is 20.7 Å². The molecular weight excluding hydrogens is 571 g/mol. The summed E-state index contributed by atoms with van der Waals surface area (Å²) in [4.78, 5) is 55.6. The van der Waals surface area contributed by atoms with Crippen molar-refractivity contribution >= 4 is 40.6 Å². The largest absolute Gasteiger partial charge is 0.465 e. The second-order valence-corrected chi connectivity index (χ2v) is 10.3. The Morgan fingerprint density at radius 3 is 2.30 bits per heavy atom. The third-order valence-electron chi connectivity index (χ3n) is 5.66. The summed E-state index contributed by atoms with van der Waals surface area (Å²) in [5.41, 5.74) is 1.61. The lowest BCUT2D eigenvalue weighted by Crippen LogP contribution is -2.57. The fourth-order valence-electron chi connectivity index (χ4n) is 3.78. The molecule has 0 fully saturated rings. The van der Waals surface area contributed by atoms with Gasteiger partial charge in [0.15, 0.2) is 0 Å². The van der Waals surface area contributed by atoms with E-state index in [2.05, 4.69) is 21.0 Å². The maximum Gasteiger partial charge on any atom is 0.426 e. The molecule has 230 valence electrons. The van der Waals surface area contributed by atoms with Gasteiger partial charge in [-0.2, -0.15) is 13.2 Å². The van der Waals surface area contributed by atoms with Crippen LogP contribution in [0.1, 0.15) is 38.8 Å². The van der Waals surface area contributed by atoms with Gasteiger partial charge in [-0.15, -0.1) is 0 Å². The number of anilines is 1. The van der Waals surface area contributed by atoms with Crippen LogP contribution in [0, 0.1) is 0 Å². The van der Waals surface area contributed by atoms with E-state index in [1.54, 1.807) is 58.0 Å². The van der Waals surface area contributed by atoms with E-state index in [0.717, 1.165) is 17.5 Å². The Labute approximate surface area is 245 Å². The molecule has 43 heavy (non-hydrogen) atoms. The van der Waals surface area contributed by atoms with Crippen LogP contribution in [0.5, 0.6) is 0 Å². The molecule has 0 aliphatic heterocycles. The Morgan fingerprint density at radius 1 is 1.00 bits per heavy atom. The fraction of sp³-hybridized carbons (Fsp3) is 0.345. The van der Waals surface area contributed by atoms with Gasteiger partial charge in [-0.1, -0.05) is 30.3 Å². The van der Waals surface area contributed by atoms with Crippen molar-refractivity contribution < 1.29 is 41.8 Å². The Kier molecular flexibility index (Phi) is 10.5. The number of nitrogens with zero attached hydrogens (tertiary/aromatic N) is 2. The van der Waals surface area contributed by atoms with E-state index in [-0.39, 0.29) is 13.0 Å². The number of pyridine rings is 1. The highest BCUT2D eigenvalue weighted by Crippen LogP contribution is 2.29. The van der Waals surface area contributed by atoms with Crippen LogP contribution in [-0.4, -0.2) is 58.8 Å². The van der Waals surface area contributed by atoms with Gasteiger partial charge < -0.3 is 20.1 Å². The highest BCUT2D eigenvalue weighted by Gasteiger charge is 2.31. The standard InChI is InChI=1S/C29H32F3N5O6/c1-5-42-24(38)17-37(36-27(41)43-28(2,3)4)26(40)35-23(14-18-10-12-20(13-11-18)29(30,31)32)25(39)34-21-15-19-8-6-7-9-22(19)33-16-21/h6-13,15-16,23H,5,14,17H2,1-4H3,(H,34,39)(H,35,40)(H,36,41)/t23-/m0/s1. The van der Waals surface area contributed by atoms with Gasteiger partial charge in [0.1, 0.15) is 18.2 Å². The van der Waals surface area contributed by atoms with E-state index in [4.69, 9.17) is 9.47 Å². The zero-order valence-corrected chi connectivity index (χ0v) is 23.9. The Hall–Kier alpha value is -4.88. The molecule has 0 aliphatic rings. The number of alkyl halides is 3. The number of para-hydroxylation sites is 1. The van der Waals surface area contributed by atoms with Crippen molar-refractivity contribution in [2.45, 2.75) is 51.9 Å². The van der Waals surface area contributed by atoms with Gasteiger partial charge in [-0.25, -0.2) is 20.0 Å². The number of hydrazine groups is 1. The molecule has 0 bridgehead atoms. The van der Waals surface area contributed by atoms with Gasteiger partial charge in [-0.05, 0) is 57.5 Å². The summed E-state index contributed by atoms with van der Waals surface area (Å²) in [7, 11) is 0. The number of benzene rings is 2. The number of aromatic nitrogens is 1. The van der Waals surface area contributed by atoms with Gasteiger partial charge in [-0.3, -0.25) is 14.6 Å². The fourth-order valence-corrected chi connectivity index (χ4v) is 3.78. The van der Waals surface area contributed by atoms with E-state index >= 15 is 0 Å². The van der Waals surface area contributed by atoms with Crippen molar-refractivity contribution in [3.05, 3.63) is 71.9 Å². The molecule has 1 aromatic heterocycles. The Morgan fingerprint density at radius 2 is 1.67 bits per heavy atom. The van der Waals surface area contributed by atoms with Crippen LogP contribution in [0.2, 0.25) is 0 Å². The van der Waals surface area contributed by atoms with Gasteiger partial charge >= 0.3 is 24.3 Å². The molecule has 2 aromatic carbocycles. The lowest BCUT2D eigenvalue weighted by Gasteiger charge is -2.27. The number of hydrogen-bond donors (Lipinski definition) is 3. The molecule has 0 saturated carbocycles. The first-order valence-electron chi connectivity index (χ1n) is 13.2. The van der Waals surface area contributed by atoms with Gasteiger partial charge in [0.05, 0.1) is 29.6 Å². The number of hydrogen-bond acceptors (Lipinski definition) is 7. The number of fused-ring (bicyclic) bond motifs is 1. The summed E-state index contributed by atoms with van der Waals surface area (Å²) in [6, 6.07) is 10.4. The van der Waals surface area contributed by atoms with Crippen molar-refractivity contribution in [1.29, 1.82) is 0 Å². The van der Waals surface area contributed by atoms with E-state index < -0.39 is 53.9 Å². The zero-order valence-electron chi connectivity index (χ0n) is 23.9. The molecule has 0 radical (unpaired) electrons. The summed E-state index contributed by atoms with van der Waals surface area (Å²) in [5.74, 6) is -1.60. The van der Waals surface area contributed by atoms with Crippen LogP contribution in [0.4, 0.5) is 28.4 Å². The quantitative estimate of drug-likeness (QED) is 0.248. The van der Waals surface area contributed by atoms with Crippen molar-refractivity contribution in [3.8, 4) is 0 Å². The van der Waals surface area contributed by atoms with E-state index in [0.29, 0.717) is 21.8 Å². The minimum Gasteiger partial charge on any atom is -0.465 e. The molecule has 3 N–H and O–H groups in total. The lowest BCUT2D eigenvalue weighted by atomic mass is 10.0. The molecule has 11 nitrogen and oxygen atoms in total. The predicted molar refractivity (Wildman–Crippen MR) is 151 cm³/mol. The predicted octanol–water partition coefficient (Wildman–Crippen LogP) is 4.82. The number of nitrogens with one attached hydrogen (secondary N) is 3. The summed E-state index contributed by atoms with van der Waals surface area (Å²) < 4.78 is 49.3. The molecule has 3 rings (SSSR count). The average molecular weight is 604 g/mol. The first-order chi connectivity index (χ1) is 20.1. The van der Waals surface area contributed by atoms with E-state index in [1.165, 1.54) is 18.3 Å². The molecule has 4 amide bonds. The summed E-state index contributed by atoms with van der Waals surface area (Å²) >= 11 is 0. The second-order valence-electron chi connectivity index (χ2n) is 10.3. The van der Waals surface area contributed by atoms with Crippen molar-refractivity contribution in [2.75, 3.05) is 18.5 Å². The van der Waals surface area contributed by atoms with Crippen LogP contribution >= 0.6 is 0 Å². The first-order valence-corrected chi connectivity index (χ1v) is 13.2. The summed E-state index contributed by atoms with van der Waals surface area (Å²) in [6.45, 7) is 5.59.